The molecule has 2 heterocycles. The maximum absolute atomic E-state index is 11.1. The lowest BCUT2D eigenvalue weighted by Gasteiger charge is -2.17. The van der Waals surface area contributed by atoms with E-state index in [9.17, 15) is 15.2 Å². The standard InChI is InChI=1S/C12H16N4O3S/c1-8-11(16(18)19)12(15(2)14-8)13-9(5-6-17)10-4-3-7-20-10/h3-4,7,9,13,17H,5-6H2,1-2H3. The Hall–Kier alpha value is -1.93. The number of aromatic nitrogens is 2. The Morgan fingerprint density at radius 2 is 2.40 bits per heavy atom. The molecule has 0 fully saturated rings. The zero-order valence-electron chi connectivity index (χ0n) is 11.2. The molecule has 0 aromatic carbocycles. The molecule has 0 aliphatic rings. The molecule has 0 saturated heterocycles. The van der Waals surface area contributed by atoms with Crippen LogP contribution in [-0.2, 0) is 7.05 Å². The van der Waals surface area contributed by atoms with Crippen molar-refractivity contribution >= 4 is 22.8 Å². The number of anilines is 1. The lowest BCUT2D eigenvalue weighted by Crippen LogP contribution is -2.14. The van der Waals surface area contributed by atoms with Crippen molar-refractivity contribution in [3.05, 3.63) is 38.2 Å². The molecule has 0 amide bonds. The summed E-state index contributed by atoms with van der Waals surface area (Å²) in [7, 11) is 1.66. The van der Waals surface area contributed by atoms with Crippen LogP contribution in [0, 0.1) is 17.0 Å². The summed E-state index contributed by atoms with van der Waals surface area (Å²) in [6.07, 6.45) is 0.474. The van der Waals surface area contributed by atoms with Gasteiger partial charge in [0.05, 0.1) is 11.0 Å². The highest BCUT2D eigenvalue weighted by atomic mass is 32.1. The van der Waals surface area contributed by atoms with Crippen LogP contribution in [0.5, 0.6) is 0 Å². The molecule has 108 valence electrons. The SMILES string of the molecule is Cc1nn(C)c(NC(CCO)c2cccs2)c1[N+](=O)[O-]. The fourth-order valence-corrected chi connectivity index (χ4v) is 2.91. The number of nitro groups is 1. The first-order valence-corrected chi connectivity index (χ1v) is 7.01. The van der Waals surface area contributed by atoms with Crippen LogP contribution in [0.3, 0.4) is 0 Å². The Morgan fingerprint density at radius 1 is 1.65 bits per heavy atom. The second-order valence-electron chi connectivity index (χ2n) is 4.39. The van der Waals surface area contributed by atoms with Crippen LogP contribution >= 0.6 is 11.3 Å². The van der Waals surface area contributed by atoms with E-state index in [0.717, 1.165) is 4.88 Å². The quantitative estimate of drug-likeness (QED) is 0.630. The molecular formula is C12H16N4O3S. The van der Waals surface area contributed by atoms with Crippen molar-refractivity contribution in [2.45, 2.75) is 19.4 Å². The van der Waals surface area contributed by atoms with Crippen LogP contribution in [0.15, 0.2) is 17.5 Å². The smallest absolute Gasteiger partial charge is 0.333 e. The van der Waals surface area contributed by atoms with E-state index in [1.165, 1.54) is 4.68 Å². The fourth-order valence-electron chi connectivity index (χ4n) is 2.10. The summed E-state index contributed by atoms with van der Waals surface area (Å²) < 4.78 is 1.46. The molecule has 0 aliphatic carbocycles. The number of aliphatic hydroxyl groups is 1. The third-order valence-electron chi connectivity index (χ3n) is 2.99. The van der Waals surface area contributed by atoms with Crippen molar-refractivity contribution in [1.29, 1.82) is 0 Å². The third kappa shape index (κ3) is 2.81. The van der Waals surface area contributed by atoms with E-state index < -0.39 is 4.92 Å². The van der Waals surface area contributed by atoms with Gasteiger partial charge in [0.1, 0.15) is 5.69 Å². The molecular weight excluding hydrogens is 280 g/mol. The maximum Gasteiger partial charge on any atom is 0.333 e. The lowest BCUT2D eigenvalue weighted by molar-refractivity contribution is -0.384. The number of rotatable bonds is 6. The monoisotopic (exact) mass is 296 g/mol. The number of nitrogens with one attached hydrogen (secondary N) is 1. The molecule has 1 atom stereocenters. The molecule has 0 bridgehead atoms. The minimum Gasteiger partial charge on any atom is -0.396 e. The highest BCUT2D eigenvalue weighted by Crippen LogP contribution is 2.32. The molecule has 0 saturated carbocycles. The number of aryl methyl sites for hydroxylation is 2. The average Bonchev–Trinajstić information content (AvgIpc) is 2.97. The molecule has 0 radical (unpaired) electrons. The predicted molar refractivity (Wildman–Crippen MR) is 77.0 cm³/mol. The van der Waals surface area contributed by atoms with Gasteiger partial charge in [-0.15, -0.1) is 11.3 Å². The van der Waals surface area contributed by atoms with Gasteiger partial charge < -0.3 is 10.4 Å². The first-order valence-electron chi connectivity index (χ1n) is 6.13. The van der Waals surface area contributed by atoms with Gasteiger partial charge >= 0.3 is 5.69 Å². The van der Waals surface area contributed by atoms with Crippen molar-refractivity contribution < 1.29 is 10.0 Å². The molecule has 1 unspecified atom stereocenters. The van der Waals surface area contributed by atoms with Crippen molar-refractivity contribution in [2.24, 2.45) is 7.05 Å². The van der Waals surface area contributed by atoms with E-state index in [1.54, 1.807) is 25.3 Å². The van der Waals surface area contributed by atoms with Gasteiger partial charge in [-0.2, -0.15) is 5.10 Å². The Bertz CT molecular complexity index is 594. The van der Waals surface area contributed by atoms with Crippen LogP contribution < -0.4 is 5.32 Å². The van der Waals surface area contributed by atoms with Crippen LogP contribution in [0.4, 0.5) is 11.5 Å². The van der Waals surface area contributed by atoms with Gasteiger partial charge in [0.2, 0.25) is 5.82 Å². The minimum absolute atomic E-state index is 0.000196. The van der Waals surface area contributed by atoms with E-state index >= 15 is 0 Å². The number of aliphatic hydroxyl groups excluding tert-OH is 1. The van der Waals surface area contributed by atoms with Crippen LogP contribution in [-0.4, -0.2) is 26.4 Å². The molecule has 20 heavy (non-hydrogen) atoms. The summed E-state index contributed by atoms with van der Waals surface area (Å²) in [5.41, 5.74) is 0.348. The van der Waals surface area contributed by atoms with E-state index in [4.69, 9.17) is 0 Å². The van der Waals surface area contributed by atoms with Gasteiger partial charge in [-0.25, -0.2) is 4.68 Å². The summed E-state index contributed by atoms with van der Waals surface area (Å²) in [6.45, 7) is 1.61. The summed E-state index contributed by atoms with van der Waals surface area (Å²) in [5, 5.41) is 29.5. The molecule has 2 N–H and O–H groups in total. The Labute approximate surface area is 120 Å². The Balaban J connectivity index is 2.34. The first-order chi connectivity index (χ1) is 9.54. The molecule has 8 heteroatoms. The largest absolute Gasteiger partial charge is 0.396 e. The zero-order valence-corrected chi connectivity index (χ0v) is 12.1. The molecule has 2 aromatic rings. The highest BCUT2D eigenvalue weighted by molar-refractivity contribution is 7.10. The molecule has 2 rings (SSSR count). The Kier molecular flexibility index (Phi) is 4.35. The fraction of sp³-hybridized carbons (Fsp3) is 0.417. The van der Waals surface area contributed by atoms with Gasteiger partial charge in [0, 0.05) is 18.5 Å². The number of nitrogens with zero attached hydrogens (tertiary/aromatic N) is 3. The minimum atomic E-state index is -0.435. The number of hydrogen-bond acceptors (Lipinski definition) is 6. The van der Waals surface area contributed by atoms with E-state index in [2.05, 4.69) is 10.4 Å². The topological polar surface area (TPSA) is 93.2 Å². The van der Waals surface area contributed by atoms with Gasteiger partial charge in [0.15, 0.2) is 0 Å². The van der Waals surface area contributed by atoms with Crippen LogP contribution in [0.1, 0.15) is 23.0 Å². The second kappa shape index (κ2) is 6.02. The van der Waals surface area contributed by atoms with Gasteiger partial charge in [0.25, 0.3) is 0 Å². The van der Waals surface area contributed by atoms with Gasteiger partial charge in [-0.3, -0.25) is 10.1 Å². The zero-order chi connectivity index (χ0) is 14.7. The third-order valence-corrected chi connectivity index (χ3v) is 3.97. The predicted octanol–water partition coefficient (Wildman–Crippen LogP) is 2.23. The number of hydrogen-bond donors (Lipinski definition) is 2. The second-order valence-corrected chi connectivity index (χ2v) is 5.37. The molecule has 0 spiro atoms. The lowest BCUT2D eigenvalue weighted by atomic mass is 10.1. The summed E-state index contributed by atoms with van der Waals surface area (Å²) in [4.78, 5) is 11.7. The molecule has 2 aromatic heterocycles. The van der Waals surface area contributed by atoms with Crippen LogP contribution in [0.25, 0.3) is 0 Å². The van der Waals surface area contributed by atoms with Crippen molar-refractivity contribution in [1.82, 2.24) is 9.78 Å². The van der Waals surface area contributed by atoms with E-state index in [1.807, 2.05) is 17.5 Å². The Morgan fingerprint density at radius 3 is 2.95 bits per heavy atom. The van der Waals surface area contributed by atoms with Gasteiger partial charge in [-0.1, -0.05) is 6.07 Å². The van der Waals surface area contributed by atoms with E-state index in [-0.39, 0.29) is 18.3 Å². The number of thiophene rings is 1. The van der Waals surface area contributed by atoms with E-state index in [0.29, 0.717) is 17.9 Å². The molecule has 0 aliphatic heterocycles. The van der Waals surface area contributed by atoms with Crippen molar-refractivity contribution in [3.63, 3.8) is 0 Å². The summed E-state index contributed by atoms with van der Waals surface area (Å²) >= 11 is 1.54. The van der Waals surface area contributed by atoms with Gasteiger partial charge in [-0.05, 0) is 24.8 Å². The van der Waals surface area contributed by atoms with Crippen LogP contribution in [0.2, 0.25) is 0 Å². The highest BCUT2D eigenvalue weighted by Gasteiger charge is 2.26. The maximum atomic E-state index is 11.1. The average molecular weight is 296 g/mol. The normalized spacial score (nSPS) is 12.3. The van der Waals surface area contributed by atoms with Crippen molar-refractivity contribution in [3.8, 4) is 0 Å². The first kappa shape index (κ1) is 14.5. The summed E-state index contributed by atoms with van der Waals surface area (Å²) in [6, 6.07) is 3.68. The van der Waals surface area contributed by atoms with Crippen molar-refractivity contribution in [2.75, 3.05) is 11.9 Å². The summed E-state index contributed by atoms with van der Waals surface area (Å²) in [5.74, 6) is 0.361. The molecule has 7 nitrogen and oxygen atoms in total.